The van der Waals surface area contributed by atoms with Crippen LogP contribution >= 0.6 is 0 Å². The second-order valence-corrected chi connectivity index (χ2v) is 8.91. The molecule has 4 aromatic rings. The Hall–Kier alpha value is -4.32. The van der Waals surface area contributed by atoms with Gasteiger partial charge in [-0.25, -0.2) is 18.4 Å². The molecule has 0 N–H and O–H groups in total. The zero-order valence-corrected chi connectivity index (χ0v) is 18.9. The molecule has 0 saturated carbocycles. The number of hydrogen-bond acceptors (Lipinski definition) is 4. The number of carbonyl (C=O) groups excluding carboxylic acids is 2. The van der Waals surface area contributed by atoms with E-state index in [1.165, 1.54) is 12.1 Å². The molecule has 36 heavy (non-hydrogen) atoms. The van der Waals surface area contributed by atoms with E-state index in [4.69, 9.17) is 9.47 Å². The molecule has 7 rings (SSSR count). The van der Waals surface area contributed by atoms with Gasteiger partial charge >= 0.3 is 11.9 Å². The van der Waals surface area contributed by atoms with Gasteiger partial charge in [-0.1, -0.05) is 60.7 Å². The van der Waals surface area contributed by atoms with Gasteiger partial charge in [-0.15, -0.1) is 0 Å². The van der Waals surface area contributed by atoms with Gasteiger partial charge in [0.05, 0.1) is 23.0 Å². The van der Waals surface area contributed by atoms with E-state index >= 15 is 8.78 Å². The second-order valence-electron chi connectivity index (χ2n) is 8.91. The van der Waals surface area contributed by atoms with E-state index in [0.29, 0.717) is 16.7 Å². The molecule has 178 valence electrons. The Morgan fingerprint density at radius 2 is 0.944 bits per heavy atom. The van der Waals surface area contributed by atoms with Crippen molar-refractivity contribution in [1.29, 1.82) is 0 Å². The van der Waals surface area contributed by atoms with E-state index in [-0.39, 0.29) is 16.7 Å². The first-order valence-electron chi connectivity index (χ1n) is 11.6. The third-order valence-corrected chi connectivity index (χ3v) is 6.95. The Bertz CT molecular complexity index is 1420. The molecule has 2 atom stereocenters. The summed E-state index contributed by atoms with van der Waals surface area (Å²) in [6.45, 7) is 0. The molecular formula is C30H20F2O4. The minimum atomic E-state index is -1.14. The van der Waals surface area contributed by atoms with E-state index in [1.54, 1.807) is 84.9 Å². The van der Waals surface area contributed by atoms with Gasteiger partial charge in [-0.05, 0) is 47.5 Å². The summed E-state index contributed by atoms with van der Waals surface area (Å²) in [6, 6.07) is 26.1. The van der Waals surface area contributed by atoms with Crippen LogP contribution in [-0.4, -0.2) is 24.1 Å². The minimum Gasteiger partial charge on any atom is -0.454 e. The number of benzene rings is 4. The lowest BCUT2D eigenvalue weighted by Gasteiger charge is -2.49. The predicted molar refractivity (Wildman–Crippen MR) is 128 cm³/mol. The van der Waals surface area contributed by atoms with Gasteiger partial charge in [-0.3, -0.25) is 0 Å². The smallest absolute Gasteiger partial charge is 0.338 e. The SMILES string of the molecule is O=C(OC1C(OC(=O)c2ccccc2)[C@H]2c3c(F)cccc3[C@H]1c1cccc(F)c12)c1ccccc1. The summed E-state index contributed by atoms with van der Waals surface area (Å²) >= 11 is 0. The lowest BCUT2D eigenvalue weighted by Crippen LogP contribution is -2.52. The summed E-state index contributed by atoms with van der Waals surface area (Å²) in [4.78, 5) is 26.3. The van der Waals surface area contributed by atoms with E-state index in [1.807, 2.05) is 0 Å². The third kappa shape index (κ3) is 3.49. The van der Waals surface area contributed by atoms with Crippen LogP contribution in [0.2, 0.25) is 0 Å². The molecule has 0 aromatic heterocycles. The van der Waals surface area contributed by atoms with Crippen LogP contribution in [0.4, 0.5) is 8.78 Å². The highest BCUT2D eigenvalue weighted by Gasteiger charge is 2.55. The van der Waals surface area contributed by atoms with Crippen molar-refractivity contribution < 1.29 is 27.8 Å². The molecule has 2 unspecified atom stereocenters. The summed E-state index contributed by atoms with van der Waals surface area (Å²) in [7, 11) is 0. The van der Waals surface area contributed by atoms with Crippen LogP contribution in [0.5, 0.6) is 0 Å². The van der Waals surface area contributed by atoms with Crippen LogP contribution in [0.3, 0.4) is 0 Å². The summed E-state index contributed by atoms with van der Waals surface area (Å²) in [5, 5.41) is 0. The topological polar surface area (TPSA) is 52.6 Å². The molecule has 0 saturated heterocycles. The molecule has 3 aliphatic carbocycles. The summed E-state index contributed by atoms with van der Waals surface area (Å²) < 4.78 is 42.5. The van der Waals surface area contributed by atoms with Crippen molar-refractivity contribution in [2.45, 2.75) is 24.0 Å². The Morgan fingerprint density at radius 1 is 0.528 bits per heavy atom. The van der Waals surface area contributed by atoms with E-state index in [0.717, 1.165) is 0 Å². The maximum Gasteiger partial charge on any atom is 0.338 e. The fraction of sp³-hybridized carbons (Fsp3) is 0.133. The number of hydrogen-bond donors (Lipinski definition) is 0. The van der Waals surface area contributed by atoms with Crippen LogP contribution < -0.4 is 0 Å². The first kappa shape index (κ1) is 22.2. The van der Waals surface area contributed by atoms with Gasteiger partial charge in [0.2, 0.25) is 0 Å². The Balaban J connectivity index is 1.51. The number of ether oxygens (including phenoxy) is 2. The van der Waals surface area contributed by atoms with Crippen molar-refractivity contribution in [3.8, 4) is 0 Å². The molecule has 0 radical (unpaired) electrons. The van der Waals surface area contributed by atoms with Gasteiger partial charge in [-0.2, -0.15) is 0 Å². The molecule has 2 bridgehead atoms. The summed E-state index contributed by atoms with van der Waals surface area (Å²) in [5.74, 6) is -4.01. The second kappa shape index (κ2) is 8.72. The summed E-state index contributed by atoms with van der Waals surface area (Å²) in [6.07, 6.45) is -2.12. The molecular weight excluding hydrogens is 462 g/mol. The lowest BCUT2D eigenvalue weighted by atomic mass is 9.60. The number of carbonyl (C=O) groups is 2. The average Bonchev–Trinajstić information content (AvgIpc) is 2.91. The number of rotatable bonds is 4. The number of fused-ring (bicyclic) bond motifs is 1. The van der Waals surface area contributed by atoms with Crippen LogP contribution in [-0.2, 0) is 9.47 Å². The maximum absolute atomic E-state index is 15.3. The molecule has 0 fully saturated rings. The van der Waals surface area contributed by atoms with E-state index < -0.39 is 47.6 Å². The highest BCUT2D eigenvalue weighted by atomic mass is 19.1. The molecule has 0 spiro atoms. The largest absolute Gasteiger partial charge is 0.454 e. The van der Waals surface area contributed by atoms with Gasteiger partial charge in [0.25, 0.3) is 0 Å². The number of halogens is 2. The van der Waals surface area contributed by atoms with Crippen molar-refractivity contribution >= 4 is 11.9 Å². The van der Waals surface area contributed by atoms with E-state index in [2.05, 4.69) is 0 Å². The Morgan fingerprint density at radius 3 is 1.39 bits per heavy atom. The Kier molecular flexibility index (Phi) is 5.37. The molecule has 0 aliphatic heterocycles. The minimum absolute atomic E-state index is 0.262. The molecule has 4 nitrogen and oxygen atoms in total. The van der Waals surface area contributed by atoms with Crippen LogP contribution in [0.15, 0.2) is 97.1 Å². The fourth-order valence-corrected chi connectivity index (χ4v) is 5.48. The highest BCUT2D eigenvalue weighted by Crippen LogP contribution is 2.56. The highest BCUT2D eigenvalue weighted by molar-refractivity contribution is 5.90. The maximum atomic E-state index is 15.3. The molecule has 3 aliphatic rings. The first-order valence-corrected chi connectivity index (χ1v) is 11.6. The molecule has 0 amide bonds. The molecule has 6 heteroatoms. The third-order valence-electron chi connectivity index (χ3n) is 6.95. The van der Waals surface area contributed by atoms with Crippen molar-refractivity contribution in [2.24, 2.45) is 0 Å². The van der Waals surface area contributed by atoms with Gasteiger partial charge in [0.1, 0.15) is 11.6 Å². The van der Waals surface area contributed by atoms with E-state index in [9.17, 15) is 9.59 Å². The van der Waals surface area contributed by atoms with Crippen molar-refractivity contribution in [3.05, 3.63) is 142 Å². The van der Waals surface area contributed by atoms with Gasteiger partial charge < -0.3 is 9.47 Å². The van der Waals surface area contributed by atoms with Gasteiger partial charge in [0, 0.05) is 11.1 Å². The lowest BCUT2D eigenvalue weighted by molar-refractivity contribution is -0.0567. The van der Waals surface area contributed by atoms with Crippen molar-refractivity contribution in [1.82, 2.24) is 0 Å². The van der Waals surface area contributed by atoms with Crippen LogP contribution in [0, 0.1) is 11.6 Å². The first-order chi connectivity index (χ1) is 17.5. The zero-order valence-electron chi connectivity index (χ0n) is 18.9. The molecule has 0 heterocycles. The number of esters is 2. The predicted octanol–water partition coefficient (Wildman–Crippen LogP) is 6.01. The quantitative estimate of drug-likeness (QED) is 0.335. The van der Waals surface area contributed by atoms with Crippen LogP contribution in [0.25, 0.3) is 0 Å². The van der Waals surface area contributed by atoms with Crippen LogP contribution in [0.1, 0.15) is 54.8 Å². The average molecular weight is 482 g/mol. The van der Waals surface area contributed by atoms with Crippen molar-refractivity contribution in [3.63, 3.8) is 0 Å². The summed E-state index contributed by atoms with van der Waals surface area (Å²) in [5.41, 5.74) is 2.32. The monoisotopic (exact) mass is 482 g/mol. The zero-order chi connectivity index (χ0) is 24.8. The van der Waals surface area contributed by atoms with Gasteiger partial charge in [0.15, 0.2) is 12.2 Å². The standard InChI is InChI=1S/C30H20F2O4/c31-21-15-7-13-19-23-20-14-8-16-22(32)25(20)26(24(19)21)28(36-30(34)18-11-5-2-6-12-18)27(23)35-29(33)17-9-3-1-4-10-17/h1-16,23,26-28H/t23-,26-,27?,28?. The normalized spacial score (nSPS) is 21.3. The van der Waals surface area contributed by atoms with Crippen molar-refractivity contribution in [2.75, 3.05) is 0 Å². The molecule has 4 aromatic carbocycles. The Labute approximate surface area is 206 Å². The fourth-order valence-electron chi connectivity index (χ4n) is 5.48.